The molecular formula is C114H113Cl3F6N12O6S2. The van der Waals surface area contributed by atoms with Gasteiger partial charge >= 0.3 is 18.0 Å². The first kappa shape index (κ1) is 112. The van der Waals surface area contributed by atoms with Crippen LogP contribution >= 0.6 is 58.4 Å². The molecule has 0 saturated carbocycles. The Balaban J connectivity index is 0.000000174. The highest BCUT2D eigenvalue weighted by atomic mass is 35.5. The van der Waals surface area contributed by atoms with Crippen LogP contribution in [-0.4, -0.2) is 117 Å². The molecule has 0 spiro atoms. The fourth-order valence-electron chi connectivity index (χ4n) is 13.4. The summed E-state index contributed by atoms with van der Waals surface area (Å²) >= 11 is 23.5. The summed E-state index contributed by atoms with van der Waals surface area (Å²) in [5.41, 5.74) is 23.1. The number of piperazine rings is 1. The topological polar surface area (TPSA) is 243 Å². The number of aromatic carboxylic acids is 1. The third kappa shape index (κ3) is 40.0. The lowest BCUT2D eigenvalue weighted by molar-refractivity contribution is -0.274. The van der Waals surface area contributed by atoms with Crippen LogP contribution in [0, 0.1) is 112 Å². The van der Waals surface area contributed by atoms with E-state index in [-0.39, 0.29) is 23.2 Å². The molecule has 740 valence electrons. The van der Waals surface area contributed by atoms with Crippen molar-refractivity contribution >= 4 is 136 Å². The van der Waals surface area contributed by atoms with Crippen molar-refractivity contribution in [3.05, 3.63) is 464 Å². The molecule has 7 heterocycles. The summed E-state index contributed by atoms with van der Waals surface area (Å²) in [4.78, 5) is 60.2. The number of aromatic nitrogens is 10. The lowest BCUT2D eigenvalue weighted by atomic mass is 10.1. The third-order valence-corrected chi connectivity index (χ3v) is 23.0. The number of carbonyl (C=O) groups excluding carboxylic acids is 1. The van der Waals surface area contributed by atoms with Gasteiger partial charge in [0.05, 0.1) is 74.1 Å². The monoisotopic (exact) mass is 2030 g/mol. The van der Waals surface area contributed by atoms with Crippen LogP contribution in [0.3, 0.4) is 0 Å². The number of methoxy groups -OCH3 is 1. The van der Waals surface area contributed by atoms with Gasteiger partial charge in [-0.3, -0.25) is 29.9 Å². The second-order valence-electron chi connectivity index (χ2n) is 33.3. The van der Waals surface area contributed by atoms with E-state index in [0.717, 1.165) is 148 Å². The van der Waals surface area contributed by atoms with Crippen LogP contribution in [0.15, 0.2) is 333 Å². The smallest absolute Gasteiger partial charge is 0.497 e. The van der Waals surface area contributed by atoms with E-state index >= 15 is 0 Å². The Morgan fingerprint density at radius 2 is 0.902 bits per heavy atom. The van der Waals surface area contributed by atoms with E-state index in [2.05, 4.69) is 154 Å². The third-order valence-electron chi connectivity index (χ3n) is 21.0. The van der Waals surface area contributed by atoms with Gasteiger partial charge in [-0.15, -0.1) is 24.5 Å². The minimum atomic E-state index is -4.60. The van der Waals surface area contributed by atoms with Crippen LogP contribution in [-0.2, 0) is 6.54 Å². The Kier molecular flexibility index (Phi) is 44.3. The molecule has 1 saturated heterocycles. The Morgan fingerprint density at radius 3 is 1.45 bits per heavy atom. The van der Waals surface area contributed by atoms with Gasteiger partial charge in [-0.05, 0) is 309 Å². The highest BCUT2D eigenvalue weighted by Crippen LogP contribution is 2.26. The number of nitrogens with zero attached hydrogens (tertiary/aromatic N) is 6. The van der Waals surface area contributed by atoms with E-state index in [1.165, 1.54) is 90.5 Å². The molecule has 1 fully saturated rings. The first-order valence-corrected chi connectivity index (χ1v) is 47.5. The molecule has 14 aromatic carbocycles. The number of rotatable bonds is 6. The zero-order valence-corrected chi connectivity index (χ0v) is 85.5. The Labute approximate surface area is 851 Å². The number of H-pyrrole nitrogens is 6. The van der Waals surface area contributed by atoms with Crippen LogP contribution in [0.5, 0.6) is 11.5 Å². The molecule has 143 heavy (non-hydrogen) atoms. The lowest BCUT2D eigenvalue weighted by Crippen LogP contribution is -2.48. The average Bonchev–Trinajstić information content (AvgIpc) is 1.57. The van der Waals surface area contributed by atoms with Gasteiger partial charge in [-0.25, -0.2) is 22.8 Å². The first-order chi connectivity index (χ1) is 68.2. The molecular weight excluding hydrogens is 1920 g/mol. The second kappa shape index (κ2) is 56.6. The van der Waals surface area contributed by atoms with Crippen molar-refractivity contribution in [1.29, 1.82) is 0 Å². The molecule has 20 aromatic rings. The second-order valence-corrected chi connectivity index (χ2v) is 36.3. The quantitative estimate of drug-likeness (QED) is 0.0607. The number of fused-ring (bicyclic) bond motifs is 6. The van der Waals surface area contributed by atoms with Gasteiger partial charge < -0.3 is 39.4 Å². The summed E-state index contributed by atoms with van der Waals surface area (Å²) in [6.45, 7) is 30.3. The summed E-state index contributed by atoms with van der Waals surface area (Å²) in [7, 11) is 1.67. The van der Waals surface area contributed by atoms with Crippen LogP contribution in [0.1, 0.15) is 97.2 Å². The van der Waals surface area contributed by atoms with E-state index in [0.29, 0.717) is 15.4 Å². The van der Waals surface area contributed by atoms with Crippen molar-refractivity contribution in [2.45, 2.75) is 103 Å². The van der Waals surface area contributed by atoms with E-state index < -0.39 is 24.0 Å². The number of hydrogen-bond acceptors (Lipinski definition) is 12. The van der Waals surface area contributed by atoms with Gasteiger partial charge in [0.15, 0.2) is 16.4 Å². The maximum Gasteiger partial charge on any atom is 0.573 e. The van der Waals surface area contributed by atoms with Gasteiger partial charge in [0.1, 0.15) is 17.3 Å². The van der Waals surface area contributed by atoms with Gasteiger partial charge in [-0.1, -0.05) is 214 Å². The van der Waals surface area contributed by atoms with Crippen LogP contribution < -0.4 is 15.2 Å². The van der Waals surface area contributed by atoms with Crippen molar-refractivity contribution in [2.24, 2.45) is 0 Å². The number of aromatic amines is 6. The molecule has 21 rings (SSSR count). The number of thiophene rings is 1. The average molecular weight is 2030 g/mol. The van der Waals surface area contributed by atoms with Crippen molar-refractivity contribution in [1.82, 2.24) is 60.1 Å². The van der Waals surface area contributed by atoms with Crippen LogP contribution in [0.2, 0.25) is 15.1 Å². The number of ether oxygens (including phenoxy) is 2. The van der Waals surface area contributed by atoms with Crippen molar-refractivity contribution in [3.8, 4) is 11.5 Å². The molecule has 1 aliphatic rings. The van der Waals surface area contributed by atoms with E-state index in [4.69, 9.17) is 56.9 Å². The number of carboxylic acid groups (broad SMARTS) is 1. The number of nitrogens with one attached hydrogen (secondary N) is 6. The minimum Gasteiger partial charge on any atom is -0.497 e. The molecule has 6 aromatic heterocycles. The summed E-state index contributed by atoms with van der Waals surface area (Å²) < 4.78 is 80.6. The molecule has 1 amide bonds. The van der Waals surface area contributed by atoms with Crippen molar-refractivity contribution in [2.75, 3.05) is 33.3 Å². The predicted molar refractivity (Wildman–Crippen MR) is 575 cm³/mol. The number of alkyl halides is 3. The molecule has 1 aliphatic heterocycles. The molecule has 0 aliphatic carbocycles. The SMILES string of the molecule is COc1ccc(C)cc1.Cc1ccc(C(=O)N2CCN(Cc3ccccc3)CC2)s1.Cc1ccc(Cl)cc1Cl.Cc1ccc(F)c(F)c1.Cc1ccc(F)cc1.Cc1ccc(OC(F)(F)F)cc1.Cc1ccc2[nH]c(=O)[nH]c2c1.Cc1ccc2[nH]c(=S)[nH]c2c1.Cc1ccc2[nH]ncc2c1.Cc1ccc2cc(C(=O)O)ccc2c1.Cc1ccc2cn[nH]c2c1.Cc1ccc2nccnc2c1.Cc1cccc(Cl)c1. The normalized spacial score (nSPS) is 11.1. The van der Waals surface area contributed by atoms with Gasteiger partial charge in [0.25, 0.3) is 5.91 Å². The highest BCUT2D eigenvalue weighted by molar-refractivity contribution is 7.71. The Hall–Kier alpha value is -14.8. The number of carbonyl (C=O) groups is 2. The summed E-state index contributed by atoms with van der Waals surface area (Å²) in [6.07, 6.45) is 2.48. The fraction of sp³-hybridized carbons (Fsp3) is 0.175. The van der Waals surface area contributed by atoms with Crippen molar-refractivity contribution < 1.29 is 50.5 Å². The molecule has 0 radical (unpaired) electrons. The largest absolute Gasteiger partial charge is 0.573 e. The number of hydrogen-bond donors (Lipinski definition) is 7. The number of carboxylic acids is 1. The zero-order valence-electron chi connectivity index (χ0n) is 81.6. The molecule has 18 nitrogen and oxygen atoms in total. The zero-order chi connectivity index (χ0) is 104. The molecule has 29 heteroatoms. The standard InChI is InChI=1S/C17H20N2OS.C12H10O2.C9H8N2.C8H7F3O.C8H8N2O.C8H8N2S.2C8H8N2.C8H10O.C7H6Cl2.C7H7Cl.C7H6F2.C7H7F/c1-14-7-8-16(21-14)17(20)19-11-9-18(10-12-19)13-15-5-3-2-4-6-15;1-8-2-3-10-7-11(12(13)14)5-4-9(10)6-8;1-7-2-3-8-9(6-7)11-5-4-10-8;1-6-2-4-7(5-3-6)12-8(9,10)11;2*1-5-2-3-6-7(4-5)10-8(11)9-6;1-6-2-3-8-7(4-6)5-9-10-8;1-6-2-3-7-5-9-10-8(7)4-6;1-7-3-5-8(9-2)6-4-7;1-5-2-3-6(8)4-7(5)9;1-6-3-2-4-7(8)5-6;1-5-2-3-6(8)7(9)4-5;1-6-2-4-7(8)5-3-6/h2-8H,9-13H2,1H3;2-7H,1H3,(H,13,14);2-6H,1H3;2-5H,1H3;2*2-4H,1H3,(H2,9,10,11);2*2-5H,1H3,(H,9,10);3-6H,1-2H3;2-4H,1H3;2-5H,1H3;2-4H,1H3;2-5H,1H3. The van der Waals surface area contributed by atoms with Gasteiger partial charge in [-0.2, -0.15) is 10.2 Å². The molecule has 0 atom stereocenters. The maximum absolute atomic E-state index is 12.4. The number of aryl methyl sites for hydroxylation is 13. The fourth-order valence-corrected chi connectivity index (χ4v) is 15.1. The number of benzene rings is 14. The van der Waals surface area contributed by atoms with E-state index in [9.17, 15) is 40.7 Å². The summed E-state index contributed by atoms with van der Waals surface area (Å²) in [6, 6.07) is 93.1. The van der Waals surface area contributed by atoms with Gasteiger partial charge in [0.2, 0.25) is 0 Å². The molecule has 0 unspecified atom stereocenters. The predicted octanol–water partition coefficient (Wildman–Crippen LogP) is 30.5. The highest BCUT2D eigenvalue weighted by Gasteiger charge is 2.31. The maximum atomic E-state index is 12.4. The number of amides is 1. The number of halogens is 9. The van der Waals surface area contributed by atoms with Crippen LogP contribution in [0.4, 0.5) is 26.3 Å². The van der Waals surface area contributed by atoms with Gasteiger partial charge in [0, 0.05) is 75.8 Å². The van der Waals surface area contributed by atoms with Crippen molar-refractivity contribution in [3.63, 3.8) is 0 Å². The molecule has 7 N–H and O–H groups in total. The lowest BCUT2D eigenvalue weighted by Gasteiger charge is -2.34. The Bertz CT molecular complexity index is 7290. The number of imidazole rings is 2. The van der Waals surface area contributed by atoms with E-state index in [1.807, 2.05) is 217 Å². The summed E-state index contributed by atoms with van der Waals surface area (Å²) in [5, 5.41) is 29.1. The Morgan fingerprint density at radius 1 is 0.427 bits per heavy atom. The summed E-state index contributed by atoms with van der Waals surface area (Å²) in [5.74, 6) is -1.71. The minimum absolute atomic E-state index is 0.148. The first-order valence-electron chi connectivity index (χ1n) is 45.2. The molecule has 0 bridgehead atoms. The van der Waals surface area contributed by atoms with Crippen LogP contribution in [0.25, 0.3) is 65.7 Å². The van der Waals surface area contributed by atoms with E-state index in [1.54, 1.807) is 87.2 Å².